The molecule has 0 unspecified atom stereocenters. The van der Waals surface area contributed by atoms with Crippen LogP contribution in [-0.2, 0) is 9.53 Å². The predicted octanol–water partition coefficient (Wildman–Crippen LogP) is 4.64. The van der Waals surface area contributed by atoms with Gasteiger partial charge in [0.25, 0.3) is 0 Å². The van der Waals surface area contributed by atoms with Gasteiger partial charge in [-0.05, 0) is 111 Å². The number of carbonyl (C=O) groups excluding carboxylic acids is 1. The number of hydrogen-bond donors (Lipinski definition) is 3. The molecule has 11 atom stereocenters. The van der Waals surface area contributed by atoms with Crippen molar-refractivity contribution in [2.45, 2.75) is 136 Å². The summed E-state index contributed by atoms with van der Waals surface area (Å²) >= 11 is 0. The van der Waals surface area contributed by atoms with Crippen molar-refractivity contribution in [3.8, 4) is 0 Å². The van der Waals surface area contributed by atoms with Gasteiger partial charge in [-0.15, -0.1) is 0 Å². The van der Waals surface area contributed by atoms with Crippen molar-refractivity contribution in [2.24, 2.45) is 44.8 Å². The molecule has 5 nitrogen and oxygen atoms in total. The Bertz CT molecular complexity index is 953. The third kappa shape index (κ3) is 2.72. The molecule has 0 bridgehead atoms. The highest BCUT2D eigenvalue weighted by atomic mass is 16.5. The lowest BCUT2D eigenvalue weighted by Gasteiger charge is -2.64. The number of rotatable bonds is 2. The summed E-state index contributed by atoms with van der Waals surface area (Å²) in [6.45, 7) is 14.8. The van der Waals surface area contributed by atoms with E-state index in [0.29, 0.717) is 18.1 Å². The Morgan fingerprint density at radius 3 is 2.23 bits per heavy atom. The molecule has 0 amide bonds. The molecule has 198 valence electrons. The molecular weight excluding hydrogens is 440 g/mol. The Kier molecular flexibility index (Phi) is 4.78. The van der Waals surface area contributed by atoms with Crippen molar-refractivity contribution in [1.29, 1.82) is 0 Å². The van der Waals surface area contributed by atoms with Crippen LogP contribution in [0.4, 0.5) is 0 Å². The standard InChI is InChI=1S/C30H48O5/c1-24(2)20(33)8-11-30-16-29(30)13-12-26(5)23(28(7)10-9-21(35-28)25(3,4)34)18(32)15-27(26,6)19(29)14-17(31)22(24)30/h17,19-23,31,33-34H,8-16H2,1-7H3/t17-,19-,20-,21-,22-,23-,26+,27-,28+,29-,30+/m0/s1. The molecule has 5 heteroatoms. The van der Waals surface area contributed by atoms with E-state index in [9.17, 15) is 20.1 Å². The van der Waals surface area contributed by atoms with Crippen molar-refractivity contribution < 1.29 is 24.9 Å². The normalized spacial score (nSPS) is 58.9. The zero-order chi connectivity index (χ0) is 25.6. The molecule has 0 aromatic rings. The van der Waals surface area contributed by atoms with Crippen molar-refractivity contribution in [3.05, 3.63) is 0 Å². The second kappa shape index (κ2) is 6.74. The van der Waals surface area contributed by atoms with E-state index in [1.54, 1.807) is 0 Å². The fourth-order valence-electron chi connectivity index (χ4n) is 11.8. The van der Waals surface area contributed by atoms with Gasteiger partial charge in [-0.1, -0.05) is 27.7 Å². The summed E-state index contributed by atoms with van der Waals surface area (Å²) in [5.41, 5.74) is -1.77. The zero-order valence-corrected chi connectivity index (χ0v) is 23.0. The molecule has 1 aliphatic heterocycles. The number of fused-ring (bicyclic) bond motifs is 2. The Morgan fingerprint density at radius 1 is 0.914 bits per heavy atom. The second-order valence-corrected chi connectivity index (χ2v) is 15.7. The van der Waals surface area contributed by atoms with Crippen LogP contribution in [0.25, 0.3) is 0 Å². The first-order valence-electron chi connectivity index (χ1n) is 14.3. The lowest BCUT2D eigenvalue weighted by Crippen LogP contribution is -2.62. The minimum absolute atomic E-state index is 0.114. The van der Waals surface area contributed by atoms with E-state index >= 15 is 0 Å². The van der Waals surface area contributed by atoms with Crippen LogP contribution in [0.15, 0.2) is 0 Å². The number of Topliss-reactive ketones (excluding diaryl/α,β-unsaturated/α-hetero) is 1. The number of hydrogen-bond acceptors (Lipinski definition) is 5. The van der Waals surface area contributed by atoms with Gasteiger partial charge in [-0.3, -0.25) is 4.79 Å². The molecule has 2 spiro atoms. The van der Waals surface area contributed by atoms with Crippen molar-refractivity contribution in [1.82, 2.24) is 0 Å². The van der Waals surface area contributed by atoms with Crippen LogP contribution in [0.5, 0.6) is 0 Å². The van der Waals surface area contributed by atoms with Gasteiger partial charge < -0.3 is 20.1 Å². The van der Waals surface area contributed by atoms with E-state index < -0.39 is 17.3 Å². The first-order valence-corrected chi connectivity index (χ1v) is 14.3. The van der Waals surface area contributed by atoms with Gasteiger partial charge in [0.15, 0.2) is 0 Å². The molecule has 6 fully saturated rings. The van der Waals surface area contributed by atoms with Gasteiger partial charge in [0, 0.05) is 6.42 Å². The Labute approximate surface area is 211 Å². The molecule has 1 heterocycles. The lowest BCUT2D eigenvalue weighted by molar-refractivity contribution is -0.210. The van der Waals surface area contributed by atoms with Crippen LogP contribution in [0.1, 0.15) is 106 Å². The summed E-state index contributed by atoms with van der Waals surface area (Å²) in [6.07, 6.45) is 7.02. The molecule has 5 aliphatic carbocycles. The molecular formula is C30H48O5. The number of ketones is 1. The van der Waals surface area contributed by atoms with Gasteiger partial charge >= 0.3 is 0 Å². The van der Waals surface area contributed by atoms with Gasteiger partial charge in [-0.25, -0.2) is 0 Å². The zero-order valence-electron chi connectivity index (χ0n) is 23.0. The molecule has 6 rings (SSSR count). The molecule has 0 aromatic carbocycles. The Hall–Kier alpha value is -0.490. The van der Waals surface area contributed by atoms with Gasteiger partial charge in [0.2, 0.25) is 0 Å². The van der Waals surface area contributed by atoms with E-state index in [0.717, 1.165) is 51.4 Å². The minimum Gasteiger partial charge on any atom is -0.393 e. The molecule has 0 aromatic heterocycles. The van der Waals surface area contributed by atoms with Gasteiger partial charge in [0.05, 0.1) is 35.4 Å². The molecule has 0 radical (unpaired) electrons. The minimum atomic E-state index is -0.915. The van der Waals surface area contributed by atoms with Crippen molar-refractivity contribution in [3.63, 3.8) is 0 Å². The number of carbonyl (C=O) groups is 1. The van der Waals surface area contributed by atoms with Crippen molar-refractivity contribution >= 4 is 5.78 Å². The maximum absolute atomic E-state index is 14.0. The number of aliphatic hydroxyl groups excluding tert-OH is 2. The van der Waals surface area contributed by atoms with Crippen LogP contribution < -0.4 is 0 Å². The predicted molar refractivity (Wildman–Crippen MR) is 133 cm³/mol. The van der Waals surface area contributed by atoms with Crippen LogP contribution >= 0.6 is 0 Å². The highest BCUT2D eigenvalue weighted by Gasteiger charge is 2.84. The molecule has 3 N–H and O–H groups in total. The quantitative estimate of drug-likeness (QED) is 0.527. The van der Waals surface area contributed by atoms with E-state index in [4.69, 9.17) is 4.74 Å². The van der Waals surface area contributed by atoms with Crippen LogP contribution in [-0.4, -0.2) is 50.6 Å². The number of aliphatic hydroxyl groups is 3. The average molecular weight is 489 g/mol. The molecule has 5 saturated carbocycles. The maximum Gasteiger partial charge on any atom is 0.139 e. The highest BCUT2D eigenvalue weighted by molar-refractivity contribution is 5.87. The van der Waals surface area contributed by atoms with Crippen LogP contribution in [0.3, 0.4) is 0 Å². The smallest absolute Gasteiger partial charge is 0.139 e. The summed E-state index contributed by atoms with van der Waals surface area (Å²) < 4.78 is 6.60. The van der Waals surface area contributed by atoms with Crippen molar-refractivity contribution in [2.75, 3.05) is 0 Å². The summed E-state index contributed by atoms with van der Waals surface area (Å²) in [5.74, 6) is 0.629. The third-order valence-electron chi connectivity index (χ3n) is 13.5. The largest absolute Gasteiger partial charge is 0.393 e. The molecule has 6 aliphatic rings. The Morgan fingerprint density at radius 2 is 1.60 bits per heavy atom. The highest BCUT2D eigenvalue weighted by Crippen LogP contribution is 2.89. The van der Waals surface area contributed by atoms with Crippen LogP contribution in [0.2, 0.25) is 0 Å². The van der Waals surface area contributed by atoms with E-state index in [1.165, 1.54) is 0 Å². The summed E-state index contributed by atoms with van der Waals surface area (Å²) in [4.78, 5) is 14.0. The second-order valence-electron chi connectivity index (χ2n) is 15.7. The molecule has 1 saturated heterocycles. The third-order valence-corrected chi connectivity index (χ3v) is 13.5. The SMILES string of the molecule is CC(C)(O)[C@@H]1CC[C@](C)([C@H]2C(=O)C[C@@]3(C)[C@@H]4C[C@H](O)[C@H]5C(C)(C)[C@@H](O)CC[C@@]56C[C@@]46CC[C@]23C)O1. The number of ether oxygens (including phenoxy) is 1. The average Bonchev–Trinajstić information content (AvgIpc) is 3.08. The van der Waals surface area contributed by atoms with E-state index in [1.807, 2.05) is 13.8 Å². The first kappa shape index (κ1) is 24.8. The lowest BCUT2D eigenvalue weighted by atomic mass is 9.41. The van der Waals surface area contributed by atoms with E-state index in [2.05, 4.69) is 34.6 Å². The fourth-order valence-corrected chi connectivity index (χ4v) is 11.8. The Balaban J connectivity index is 1.37. The van der Waals surface area contributed by atoms with Crippen LogP contribution in [0, 0.1) is 44.8 Å². The summed E-state index contributed by atoms with van der Waals surface area (Å²) in [7, 11) is 0. The van der Waals surface area contributed by atoms with Gasteiger partial charge in [0.1, 0.15) is 5.78 Å². The van der Waals surface area contributed by atoms with Gasteiger partial charge in [-0.2, -0.15) is 0 Å². The van der Waals surface area contributed by atoms with E-state index in [-0.39, 0.29) is 51.1 Å². The maximum atomic E-state index is 14.0. The fraction of sp³-hybridized carbons (Fsp3) is 0.967. The monoisotopic (exact) mass is 488 g/mol. The summed E-state index contributed by atoms with van der Waals surface area (Å²) in [6, 6.07) is 0. The first-order chi connectivity index (χ1) is 16.0. The molecule has 35 heavy (non-hydrogen) atoms. The topological polar surface area (TPSA) is 87.0 Å². The summed E-state index contributed by atoms with van der Waals surface area (Å²) in [5, 5.41) is 33.2.